The molecule has 1 aliphatic rings. The van der Waals surface area contributed by atoms with Gasteiger partial charge in [-0.25, -0.2) is 4.98 Å². The minimum atomic E-state index is 0.503. The second-order valence-electron chi connectivity index (χ2n) is 5.51. The highest BCUT2D eigenvalue weighted by Crippen LogP contribution is 2.38. The number of imidazole rings is 1. The molecule has 1 atom stereocenters. The van der Waals surface area contributed by atoms with E-state index in [0.29, 0.717) is 12.1 Å². The van der Waals surface area contributed by atoms with Crippen LogP contribution in [0.3, 0.4) is 0 Å². The van der Waals surface area contributed by atoms with E-state index in [1.165, 1.54) is 29.7 Å². The molecular weight excluding hydrogens is 234 g/mol. The number of nitrogens with one attached hydrogen (secondary N) is 1. The lowest BCUT2D eigenvalue weighted by Crippen LogP contribution is -2.23. The summed E-state index contributed by atoms with van der Waals surface area (Å²) in [5.74, 6) is 0. The molecule has 3 heteroatoms. The van der Waals surface area contributed by atoms with Gasteiger partial charge in [0.15, 0.2) is 0 Å². The van der Waals surface area contributed by atoms with Crippen molar-refractivity contribution < 1.29 is 0 Å². The predicted octanol–water partition coefficient (Wildman–Crippen LogP) is 3.04. The Morgan fingerprint density at radius 3 is 3.00 bits per heavy atom. The Hall–Kier alpha value is -1.61. The number of likely N-dealkylation sites (N-methyl/N-ethyl adjacent to an activating group) is 1. The van der Waals surface area contributed by atoms with Gasteiger partial charge in [-0.15, -0.1) is 0 Å². The van der Waals surface area contributed by atoms with Crippen LogP contribution in [0, 0.1) is 0 Å². The van der Waals surface area contributed by atoms with Gasteiger partial charge >= 0.3 is 0 Å². The maximum atomic E-state index is 4.32. The standard InChI is InChI=1S/C16H21N3/c1-12(17-2)8-13-4-3-5-14(9-13)16-10-18-11-19(16)15-6-7-15/h3-5,9-12,15,17H,6-8H2,1-2H3. The number of nitrogens with zero attached hydrogens (tertiary/aromatic N) is 2. The monoisotopic (exact) mass is 255 g/mol. The molecule has 100 valence electrons. The van der Waals surface area contributed by atoms with E-state index in [-0.39, 0.29) is 0 Å². The average Bonchev–Trinajstić information content (AvgIpc) is 3.16. The summed E-state index contributed by atoms with van der Waals surface area (Å²) >= 11 is 0. The first-order valence-electron chi connectivity index (χ1n) is 7.06. The predicted molar refractivity (Wildman–Crippen MR) is 78.2 cm³/mol. The molecule has 19 heavy (non-hydrogen) atoms. The summed E-state index contributed by atoms with van der Waals surface area (Å²) in [6, 6.07) is 10.0. The zero-order valence-electron chi connectivity index (χ0n) is 11.6. The Morgan fingerprint density at radius 1 is 1.42 bits per heavy atom. The van der Waals surface area contributed by atoms with Gasteiger partial charge in [-0.2, -0.15) is 0 Å². The van der Waals surface area contributed by atoms with Crippen LogP contribution in [0.2, 0.25) is 0 Å². The maximum Gasteiger partial charge on any atom is 0.0953 e. The molecule has 0 saturated heterocycles. The molecule has 1 fully saturated rings. The second-order valence-corrected chi connectivity index (χ2v) is 5.51. The zero-order valence-corrected chi connectivity index (χ0v) is 11.6. The van der Waals surface area contributed by atoms with Gasteiger partial charge in [0.1, 0.15) is 0 Å². The van der Waals surface area contributed by atoms with E-state index in [9.17, 15) is 0 Å². The van der Waals surface area contributed by atoms with Crippen LogP contribution in [0.1, 0.15) is 31.4 Å². The van der Waals surface area contributed by atoms with Gasteiger partial charge in [0.2, 0.25) is 0 Å². The van der Waals surface area contributed by atoms with Gasteiger partial charge in [0.05, 0.1) is 18.2 Å². The van der Waals surface area contributed by atoms with E-state index in [1.807, 2.05) is 19.6 Å². The van der Waals surface area contributed by atoms with Crippen LogP contribution in [-0.4, -0.2) is 22.6 Å². The van der Waals surface area contributed by atoms with Crippen LogP contribution in [0.5, 0.6) is 0 Å². The third kappa shape index (κ3) is 2.71. The molecule has 0 radical (unpaired) electrons. The number of benzene rings is 1. The van der Waals surface area contributed by atoms with Gasteiger partial charge < -0.3 is 9.88 Å². The Kier molecular flexibility index (Phi) is 3.38. The van der Waals surface area contributed by atoms with Crippen molar-refractivity contribution in [3.63, 3.8) is 0 Å². The topological polar surface area (TPSA) is 29.9 Å². The molecule has 1 heterocycles. The summed E-state index contributed by atoms with van der Waals surface area (Å²) < 4.78 is 2.32. The minimum Gasteiger partial charge on any atom is -0.328 e. The van der Waals surface area contributed by atoms with Crippen molar-refractivity contribution in [2.75, 3.05) is 7.05 Å². The fourth-order valence-corrected chi connectivity index (χ4v) is 2.49. The van der Waals surface area contributed by atoms with Crippen LogP contribution >= 0.6 is 0 Å². The van der Waals surface area contributed by atoms with Gasteiger partial charge in [-0.1, -0.05) is 18.2 Å². The summed E-state index contributed by atoms with van der Waals surface area (Å²) in [6.45, 7) is 2.21. The first-order valence-corrected chi connectivity index (χ1v) is 7.06. The first kappa shape index (κ1) is 12.4. The second kappa shape index (κ2) is 5.17. The number of hydrogen-bond acceptors (Lipinski definition) is 2. The summed E-state index contributed by atoms with van der Waals surface area (Å²) in [4.78, 5) is 4.32. The average molecular weight is 255 g/mol. The van der Waals surface area contributed by atoms with Crippen molar-refractivity contribution >= 4 is 0 Å². The lowest BCUT2D eigenvalue weighted by atomic mass is 10.0. The van der Waals surface area contributed by atoms with Crippen molar-refractivity contribution in [3.05, 3.63) is 42.4 Å². The number of hydrogen-bond donors (Lipinski definition) is 1. The van der Waals surface area contributed by atoms with Crippen molar-refractivity contribution in [1.82, 2.24) is 14.9 Å². The summed E-state index contributed by atoms with van der Waals surface area (Å²) in [7, 11) is 2.01. The molecule has 1 N–H and O–H groups in total. The van der Waals surface area contributed by atoms with Gasteiger partial charge in [0.25, 0.3) is 0 Å². The lowest BCUT2D eigenvalue weighted by molar-refractivity contribution is 0.608. The van der Waals surface area contributed by atoms with E-state index in [4.69, 9.17) is 0 Å². The molecule has 0 spiro atoms. The van der Waals surface area contributed by atoms with Crippen LogP contribution in [-0.2, 0) is 6.42 Å². The quantitative estimate of drug-likeness (QED) is 0.890. The molecule has 3 rings (SSSR count). The van der Waals surface area contributed by atoms with Crippen LogP contribution in [0.4, 0.5) is 0 Å². The zero-order chi connectivity index (χ0) is 13.2. The fraction of sp³-hybridized carbons (Fsp3) is 0.438. The molecule has 1 unspecified atom stereocenters. The van der Waals surface area contributed by atoms with Crippen molar-refractivity contribution in [2.24, 2.45) is 0 Å². The molecule has 2 aromatic rings. The maximum absolute atomic E-state index is 4.32. The fourth-order valence-electron chi connectivity index (χ4n) is 2.49. The Morgan fingerprint density at radius 2 is 2.26 bits per heavy atom. The third-order valence-electron chi connectivity index (χ3n) is 3.86. The Balaban J connectivity index is 1.87. The summed E-state index contributed by atoms with van der Waals surface area (Å²) in [5, 5.41) is 3.29. The Bertz CT molecular complexity index is 555. The SMILES string of the molecule is CNC(C)Cc1cccc(-c2cncn2C2CC2)c1. The highest BCUT2D eigenvalue weighted by atomic mass is 15.1. The van der Waals surface area contributed by atoms with Crippen LogP contribution < -0.4 is 5.32 Å². The van der Waals surface area contributed by atoms with Crippen molar-refractivity contribution in [1.29, 1.82) is 0 Å². The first-order chi connectivity index (χ1) is 9.28. The molecule has 0 amide bonds. The van der Waals surface area contributed by atoms with E-state index in [1.54, 1.807) is 0 Å². The van der Waals surface area contributed by atoms with E-state index >= 15 is 0 Å². The van der Waals surface area contributed by atoms with E-state index in [2.05, 4.69) is 46.1 Å². The molecule has 0 aliphatic heterocycles. The summed E-state index contributed by atoms with van der Waals surface area (Å²) in [5.41, 5.74) is 3.91. The van der Waals surface area contributed by atoms with Gasteiger partial charge in [-0.05, 0) is 44.9 Å². The van der Waals surface area contributed by atoms with E-state index < -0.39 is 0 Å². The van der Waals surface area contributed by atoms with Crippen LogP contribution in [0.25, 0.3) is 11.3 Å². The molecule has 1 aromatic carbocycles. The third-order valence-corrected chi connectivity index (χ3v) is 3.86. The number of aromatic nitrogens is 2. The summed E-state index contributed by atoms with van der Waals surface area (Å²) in [6.07, 6.45) is 7.59. The van der Waals surface area contributed by atoms with Crippen molar-refractivity contribution in [3.8, 4) is 11.3 Å². The molecule has 1 aromatic heterocycles. The minimum absolute atomic E-state index is 0.503. The normalized spacial score (nSPS) is 16.5. The van der Waals surface area contributed by atoms with Gasteiger partial charge in [-0.3, -0.25) is 0 Å². The molecule has 3 nitrogen and oxygen atoms in total. The Labute approximate surface area is 114 Å². The number of rotatable bonds is 5. The molecule has 1 aliphatic carbocycles. The smallest absolute Gasteiger partial charge is 0.0953 e. The van der Waals surface area contributed by atoms with E-state index in [0.717, 1.165) is 6.42 Å². The van der Waals surface area contributed by atoms with Crippen molar-refractivity contribution in [2.45, 2.75) is 38.3 Å². The lowest BCUT2D eigenvalue weighted by Gasteiger charge is -2.12. The molecule has 0 bridgehead atoms. The molecule has 1 saturated carbocycles. The molecular formula is C16H21N3. The highest BCUT2D eigenvalue weighted by molar-refractivity contribution is 5.60. The van der Waals surface area contributed by atoms with Crippen LogP contribution in [0.15, 0.2) is 36.8 Å². The largest absolute Gasteiger partial charge is 0.328 e. The van der Waals surface area contributed by atoms with Gasteiger partial charge in [0, 0.05) is 17.6 Å². The highest BCUT2D eigenvalue weighted by Gasteiger charge is 2.25.